The van der Waals surface area contributed by atoms with Crippen molar-refractivity contribution in [2.24, 2.45) is 11.3 Å². The van der Waals surface area contributed by atoms with Gasteiger partial charge in [-0.1, -0.05) is 32.9 Å². The number of nitrogens with zero attached hydrogens (tertiary/aromatic N) is 1. The van der Waals surface area contributed by atoms with Gasteiger partial charge in [0.1, 0.15) is 5.78 Å². The Hall–Kier alpha value is -1.32. The van der Waals surface area contributed by atoms with Crippen LogP contribution in [0.2, 0.25) is 0 Å². The van der Waals surface area contributed by atoms with Crippen molar-refractivity contribution in [3.05, 3.63) is 12.2 Å². The van der Waals surface area contributed by atoms with Crippen molar-refractivity contribution in [3.8, 4) is 0 Å². The van der Waals surface area contributed by atoms with Gasteiger partial charge in [-0.3, -0.25) is 9.69 Å². The summed E-state index contributed by atoms with van der Waals surface area (Å²) < 4.78 is 4.78. The molecule has 3 atom stereocenters. The lowest BCUT2D eigenvalue weighted by Crippen LogP contribution is -2.60. The quantitative estimate of drug-likeness (QED) is 0.586. The summed E-state index contributed by atoms with van der Waals surface area (Å²) in [6.45, 7) is 5.65. The molecule has 0 N–H and O–H groups in total. The summed E-state index contributed by atoms with van der Waals surface area (Å²) in [6.07, 6.45) is 3.54. The first-order valence-electron chi connectivity index (χ1n) is 5.50. The number of rotatable bonds is 0. The summed E-state index contributed by atoms with van der Waals surface area (Å²) in [4.78, 5) is 25.5. The lowest BCUT2D eigenvalue weighted by molar-refractivity contribution is -0.139. The van der Waals surface area contributed by atoms with Crippen LogP contribution in [0.25, 0.3) is 0 Å². The molecule has 2 rings (SSSR count). The van der Waals surface area contributed by atoms with Crippen LogP contribution in [-0.4, -0.2) is 36.0 Å². The summed E-state index contributed by atoms with van der Waals surface area (Å²) in [7, 11) is 1.37. The zero-order valence-corrected chi connectivity index (χ0v) is 10.1. The molecule has 2 aliphatic rings. The van der Waals surface area contributed by atoms with E-state index >= 15 is 0 Å². The van der Waals surface area contributed by atoms with Gasteiger partial charge in [0.25, 0.3) is 0 Å². The van der Waals surface area contributed by atoms with Crippen LogP contribution in [0.15, 0.2) is 12.2 Å². The Labute approximate surface area is 95.2 Å². The molecule has 0 radical (unpaired) electrons. The third-order valence-electron chi connectivity index (χ3n) is 3.80. The van der Waals surface area contributed by atoms with E-state index in [0.29, 0.717) is 0 Å². The highest BCUT2D eigenvalue weighted by molar-refractivity contribution is 5.91. The lowest BCUT2D eigenvalue weighted by Gasteiger charge is -2.45. The molecule has 2 aliphatic heterocycles. The van der Waals surface area contributed by atoms with Gasteiger partial charge in [0, 0.05) is 11.3 Å². The minimum absolute atomic E-state index is 0.141. The second kappa shape index (κ2) is 3.34. The number of carbonyl (C=O) groups excluding carboxylic acids is 2. The first-order valence-corrected chi connectivity index (χ1v) is 5.50. The van der Waals surface area contributed by atoms with E-state index in [-0.39, 0.29) is 29.9 Å². The highest BCUT2D eigenvalue weighted by Gasteiger charge is 2.54. The summed E-state index contributed by atoms with van der Waals surface area (Å²) >= 11 is 0. The highest BCUT2D eigenvalue weighted by Crippen LogP contribution is 2.43. The van der Waals surface area contributed by atoms with Crippen molar-refractivity contribution >= 4 is 11.9 Å². The number of ether oxygens (including phenoxy) is 1. The molecule has 0 aromatic rings. The molecular weight excluding hydrogens is 206 g/mol. The fourth-order valence-corrected chi connectivity index (χ4v) is 2.81. The van der Waals surface area contributed by atoms with Crippen LogP contribution in [0.4, 0.5) is 4.79 Å². The Morgan fingerprint density at radius 2 is 2.06 bits per heavy atom. The Morgan fingerprint density at radius 3 is 2.62 bits per heavy atom. The van der Waals surface area contributed by atoms with Crippen LogP contribution >= 0.6 is 0 Å². The Kier molecular flexibility index (Phi) is 2.33. The van der Waals surface area contributed by atoms with Crippen LogP contribution < -0.4 is 0 Å². The van der Waals surface area contributed by atoms with E-state index in [1.54, 1.807) is 4.90 Å². The number of ketones is 1. The second-order valence-corrected chi connectivity index (χ2v) is 5.07. The van der Waals surface area contributed by atoms with Gasteiger partial charge in [-0.05, 0) is 0 Å². The summed E-state index contributed by atoms with van der Waals surface area (Å²) in [5.41, 5.74) is -0.531. The maximum Gasteiger partial charge on any atom is 0.410 e. The third kappa shape index (κ3) is 1.22. The number of fused-ring (bicyclic) bond motifs is 2. The minimum atomic E-state index is -0.531. The molecule has 0 saturated carbocycles. The van der Waals surface area contributed by atoms with Gasteiger partial charge in [0.2, 0.25) is 0 Å². The number of carbonyl (C=O) groups is 2. The largest absolute Gasteiger partial charge is 0.453 e. The van der Waals surface area contributed by atoms with Crippen LogP contribution in [-0.2, 0) is 9.53 Å². The Balaban J connectivity index is 2.41. The van der Waals surface area contributed by atoms with Gasteiger partial charge in [-0.15, -0.1) is 0 Å². The van der Waals surface area contributed by atoms with E-state index in [1.807, 2.05) is 32.9 Å². The van der Waals surface area contributed by atoms with Gasteiger partial charge in [0.15, 0.2) is 0 Å². The molecule has 0 aromatic heterocycles. The van der Waals surface area contributed by atoms with Crippen LogP contribution in [0, 0.1) is 11.3 Å². The topological polar surface area (TPSA) is 46.6 Å². The first-order chi connectivity index (χ1) is 7.41. The van der Waals surface area contributed by atoms with E-state index in [0.717, 1.165) is 0 Å². The Bertz CT molecular complexity index is 372. The van der Waals surface area contributed by atoms with Crippen molar-refractivity contribution in [2.75, 3.05) is 7.11 Å². The molecule has 4 heteroatoms. The van der Waals surface area contributed by atoms with Gasteiger partial charge in [-0.2, -0.15) is 0 Å². The van der Waals surface area contributed by atoms with E-state index in [9.17, 15) is 9.59 Å². The maximum absolute atomic E-state index is 12.1. The minimum Gasteiger partial charge on any atom is -0.453 e. The number of hydrogen-bond acceptors (Lipinski definition) is 3. The van der Waals surface area contributed by atoms with Gasteiger partial charge < -0.3 is 4.74 Å². The fourth-order valence-electron chi connectivity index (χ4n) is 2.81. The van der Waals surface area contributed by atoms with Crippen molar-refractivity contribution in [1.82, 2.24) is 4.90 Å². The standard InChI is InChI=1S/C12H17NO3/c1-7-8-5-6-9(12(2,3)10(7)14)13(8)11(15)16-4/h5-9H,1-4H3/t7-,8+,9-/m1/s1. The first kappa shape index (κ1) is 11.2. The van der Waals surface area contributed by atoms with E-state index in [2.05, 4.69) is 0 Å². The molecule has 1 amide bonds. The van der Waals surface area contributed by atoms with E-state index < -0.39 is 5.41 Å². The molecule has 4 nitrogen and oxygen atoms in total. The zero-order chi connectivity index (χ0) is 12.1. The SMILES string of the molecule is COC(=O)N1[C@H]2C=C[C@@H]1C(C)(C)C(=O)[C@@H]2C. The van der Waals surface area contributed by atoms with Gasteiger partial charge in [-0.25, -0.2) is 4.79 Å². The van der Waals surface area contributed by atoms with E-state index in [1.165, 1.54) is 7.11 Å². The van der Waals surface area contributed by atoms with Crippen LogP contribution in [0.5, 0.6) is 0 Å². The average molecular weight is 223 g/mol. The predicted octanol–water partition coefficient (Wildman–Crippen LogP) is 1.61. The summed E-state index contributed by atoms with van der Waals surface area (Å²) in [6, 6.07) is -0.313. The molecule has 2 bridgehead atoms. The number of methoxy groups -OCH3 is 1. The van der Waals surface area contributed by atoms with Crippen molar-refractivity contribution < 1.29 is 14.3 Å². The predicted molar refractivity (Wildman–Crippen MR) is 58.9 cm³/mol. The molecule has 2 heterocycles. The van der Waals surface area contributed by atoms with Gasteiger partial charge in [0.05, 0.1) is 19.2 Å². The monoisotopic (exact) mass is 223 g/mol. The smallest absolute Gasteiger partial charge is 0.410 e. The van der Waals surface area contributed by atoms with Crippen molar-refractivity contribution in [2.45, 2.75) is 32.9 Å². The lowest BCUT2D eigenvalue weighted by atomic mass is 9.72. The molecule has 0 spiro atoms. The molecule has 1 saturated heterocycles. The average Bonchev–Trinajstić information content (AvgIpc) is 2.66. The van der Waals surface area contributed by atoms with Gasteiger partial charge >= 0.3 is 6.09 Å². The molecule has 0 aliphatic carbocycles. The van der Waals surface area contributed by atoms with Crippen LogP contribution in [0.1, 0.15) is 20.8 Å². The molecule has 1 fully saturated rings. The number of hydrogen-bond donors (Lipinski definition) is 0. The third-order valence-corrected chi connectivity index (χ3v) is 3.80. The van der Waals surface area contributed by atoms with Crippen LogP contribution in [0.3, 0.4) is 0 Å². The van der Waals surface area contributed by atoms with Crippen molar-refractivity contribution in [3.63, 3.8) is 0 Å². The maximum atomic E-state index is 12.1. The number of piperidine rings is 1. The molecule has 88 valence electrons. The summed E-state index contributed by atoms with van der Waals surface area (Å²) in [5.74, 6) is 0.0525. The molecule has 16 heavy (non-hydrogen) atoms. The Morgan fingerprint density at radius 1 is 1.44 bits per heavy atom. The fraction of sp³-hybridized carbons (Fsp3) is 0.667. The molecular formula is C12H17NO3. The van der Waals surface area contributed by atoms with Crippen molar-refractivity contribution in [1.29, 1.82) is 0 Å². The molecule has 0 unspecified atom stereocenters. The second-order valence-electron chi connectivity index (χ2n) is 5.07. The molecule has 0 aromatic carbocycles. The normalized spacial score (nSPS) is 35.4. The van der Waals surface area contributed by atoms with E-state index in [4.69, 9.17) is 4.74 Å². The number of Topliss-reactive ketones (excluding diaryl/α,β-unsaturated/α-hetero) is 1. The zero-order valence-electron chi connectivity index (χ0n) is 10.1. The number of amides is 1. The summed E-state index contributed by atoms with van der Waals surface area (Å²) in [5, 5.41) is 0. The highest BCUT2D eigenvalue weighted by atomic mass is 16.5.